The number of halogens is 3. The van der Waals surface area contributed by atoms with Crippen LogP contribution >= 0.6 is 0 Å². The predicted molar refractivity (Wildman–Crippen MR) is 132 cm³/mol. The molecule has 3 heterocycles. The van der Waals surface area contributed by atoms with E-state index in [9.17, 15) is 27.9 Å². The van der Waals surface area contributed by atoms with Gasteiger partial charge < -0.3 is 14.7 Å². The number of alkyl halides is 3. The number of ether oxygens (including phenoxy) is 1. The number of likely N-dealkylation sites (tertiary alicyclic amines) is 1. The highest BCUT2D eigenvalue weighted by molar-refractivity contribution is 5.84. The Bertz CT molecular complexity index is 1210. The number of carboxylic acid groups (broad SMARTS) is 1. The summed E-state index contributed by atoms with van der Waals surface area (Å²) in [7, 11) is 1.63. The van der Waals surface area contributed by atoms with Crippen LogP contribution in [-0.4, -0.2) is 64.7 Å². The fraction of sp³-hybridized carbons (Fsp3) is 0.571. The summed E-state index contributed by atoms with van der Waals surface area (Å²) >= 11 is 0. The van der Waals surface area contributed by atoms with Crippen molar-refractivity contribution in [2.45, 2.75) is 70.4 Å². The van der Waals surface area contributed by atoms with Crippen LogP contribution in [0.3, 0.4) is 0 Å². The lowest BCUT2D eigenvalue weighted by molar-refractivity contribution is -0.166. The molecule has 200 valence electrons. The third kappa shape index (κ3) is 4.90. The molecule has 0 saturated carbocycles. The van der Waals surface area contributed by atoms with Gasteiger partial charge in [0.2, 0.25) is 5.91 Å². The second-order valence-electron chi connectivity index (χ2n) is 11.6. The van der Waals surface area contributed by atoms with Gasteiger partial charge in [-0.2, -0.15) is 13.2 Å². The van der Waals surface area contributed by atoms with Gasteiger partial charge in [-0.15, -0.1) is 0 Å². The number of carboxylic acids is 1. The molecule has 2 aromatic rings. The van der Waals surface area contributed by atoms with Gasteiger partial charge in [-0.3, -0.25) is 14.5 Å². The molecule has 0 aromatic heterocycles. The molecule has 3 bridgehead atoms. The van der Waals surface area contributed by atoms with Crippen LogP contribution in [0.5, 0.6) is 5.75 Å². The second-order valence-corrected chi connectivity index (χ2v) is 11.6. The molecule has 5 atom stereocenters. The smallest absolute Gasteiger partial charge is 0.397 e. The number of benzene rings is 2. The van der Waals surface area contributed by atoms with Gasteiger partial charge in [0.25, 0.3) is 0 Å². The number of aliphatic carboxylic acids is 1. The van der Waals surface area contributed by atoms with Crippen molar-refractivity contribution in [3.63, 3.8) is 0 Å². The Kier molecular flexibility index (Phi) is 6.41. The Labute approximate surface area is 214 Å². The van der Waals surface area contributed by atoms with E-state index in [1.165, 1.54) is 4.90 Å². The van der Waals surface area contributed by atoms with Gasteiger partial charge in [0.15, 0.2) is 0 Å². The average molecular weight is 519 g/mol. The maximum Gasteiger partial charge on any atom is 0.397 e. The number of methoxy groups -OCH3 is 1. The van der Waals surface area contributed by atoms with Crippen LogP contribution in [0.15, 0.2) is 36.4 Å². The van der Waals surface area contributed by atoms with E-state index in [0.29, 0.717) is 19.5 Å². The molecule has 3 aliphatic rings. The van der Waals surface area contributed by atoms with Crippen LogP contribution in [0.25, 0.3) is 10.8 Å². The zero-order chi connectivity index (χ0) is 26.7. The molecule has 3 aliphatic heterocycles. The van der Waals surface area contributed by atoms with Crippen molar-refractivity contribution in [3.05, 3.63) is 42.0 Å². The quantitative estimate of drug-likeness (QED) is 0.553. The van der Waals surface area contributed by atoms with Gasteiger partial charge in [-0.1, -0.05) is 18.2 Å². The predicted octanol–water partition coefficient (Wildman–Crippen LogP) is 5.09. The van der Waals surface area contributed by atoms with Crippen molar-refractivity contribution in [2.75, 3.05) is 13.7 Å². The van der Waals surface area contributed by atoms with Crippen molar-refractivity contribution < 1.29 is 32.6 Å². The number of carbonyl (C=O) groups is 2. The molecule has 6 nitrogen and oxygen atoms in total. The van der Waals surface area contributed by atoms with Crippen LogP contribution in [0.1, 0.15) is 45.1 Å². The maximum atomic E-state index is 13.2. The summed E-state index contributed by atoms with van der Waals surface area (Å²) in [4.78, 5) is 28.7. The zero-order valence-electron chi connectivity index (χ0n) is 21.3. The summed E-state index contributed by atoms with van der Waals surface area (Å²) in [6.07, 6.45) is -4.17. The van der Waals surface area contributed by atoms with E-state index in [4.69, 9.17) is 4.74 Å². The number of hydrogen-bond acceptors (Lipinski definition) is 4. The van der Waals surface area contributed by atoms with Crippen molar-refractivity contribution in [1.29, 1.82) is 0 Å². The highest BCUT2D eigenvalue weighted by Crippen LogP contribution is 2.52. The van der Waals surface area contributed by atoms with Crippen molar-refractivity contribution >= 4 is 22.6 Å². The number of hydrogen-bond donors (Lipinski definition) is 1. The SMILES string of the molecule is COc1ccc2cc(CN3C4CC5CC3C(C4CC(C)(C)C(=O)O)N(C(=O)CC(F)(F)F)C5)ccc2c1. The lowest BCUT2D eigenvalue weighted by atomic mass is 9.77. The highest BCUT2D eigenvalue weighted by Gasteiger charge is 2.60. The number of piperidine rings is 2. The summed E-state index contributed by atoms with van der Waals surface area (Å²) in [6.45, 7) is 4.25. The lowest BCUT2D eigenvalue weighted by Crippen LogP contribution is -2.58. The van der Waals surface area contributed by atoms with Crippen molar-refractivity contribution in [3.8, 4) is 5.75 Å². The fourth-order valence-electron chi connectivity index (χ4n) is 6.97. The van der Waals surface area contributed by atoms with Crippen LogP contribution in [0.2, 0.25) is 0 Å². The fourth-order valence-corrected chi connectivity index (χ4v) is 6.97. The number of amides is 1. The van der Waals surface area contributed by atoms with Gasteiger partial charge >= 0.3 is 12.1 Å². The Morgan fingerprint density at radius 3 is 2.41 bits per heavy atom. The molecule has 3 saturated heterocycles. The van der Waals surface area contributed by atoms with Gasteiger partial charge in [0.05, 0.1) is 18.6 Å². The van der Waals surface area contributed by atoms with Crippen LogP contribution in [0, 0.1) is 17.3 Å². The number of fused-ring (bicyclic) bond motifs is 3. The summed E-state index contributed by atoms with van der Waals surface area (Å²) in [6, 6.07) is 11.6. The molecule has 2 aromatic carbocycles. The van der Waals surface area contributed by atoms with Gasteiger partial charge in [-0.25, -0.2) is 0 Å². The molecule has 9 heteroatoms. The van der Waals surface area contributed by atoms with Gasteiger partial charge in [0, 0.05) is 25.2 Å². The van der Waals surface area contributed by atoms with E-state index in [0.717, 1.165) is 34.9 Å². The number of carbonyl (C=O) groups excluding carboxylic acids is 1. The molecule has 37 heavy (non-hydrogen) atoms. The van der Waals surface area contributed by atoms with Crippen LogP contribution in [0.4, 0.5) is 13.2 Å². The Morgan fingerprint density at radius 1 is 1.05 bits per heavy atom. The Hall–Kier alpha value is -2.81. The first-order valence-electron chi connectivity index (χ1n) is 12.8. The van der Waals surface area contributed by atoms with Gasteiger partial charge in [-0.05, 0) is 79.5 Å². The molecule has 5 unspecified atom stereocenters. The summed E-state index contributed by atoms with van der Waals surface area (Å²) < 4.78 is 44.9. The van der Waals surface area contributed by atoms with E-state index < -0.39 is 35.9 Å². The topological polar surface area (TPSA) is 70.1 Å². The molecule has 0 aliphatic carbocycles. The zero-order valence-corrected chi connectivity index (χ0v) is 21.3. The van der Waals surface area contributed by atoms with Crippen LogP contribution in [-0.2, 0) is 16.1 Å². The summed E-state index contributed by atoms with van der Waals surface area (Å²) in [5.74, 6) is -1.13. The molecule has 5 rings (SSSR count). The van der Waals surface area contributed by atoms with E-state index in [1.807, 2.05) is 24.3 Å². The standard InChI is InChI=1S/C28H33F3N2O4/c1-27(2,26(35)36)12-21-22-9-17-10-23(25(21)33(15-17)24(34)13-28(29,30)31)32(22)14-16-4-5-19-11-20(37-3)7-6-18(19)8-16/h4-8,11,17,21-23,25H,9-10,12-15H2,1-3H3,(H,35,36). The largest absolute Gasteiger partial charge is 0.497 e. The summed E-state index contributed by atoms with van der Waals surface area (Å²) in [5.41, 5.74) is 0.0314. The second kappa shape index (κ2) is 9.19. The third-order valence-electron chi connectivity index (χ3n) is 8.62. The van der Waals surface area contributed by atoms with Crippen molar-refractivity contribution in [2.24, 2.45) is 17.3 Å². The average Bonchev–Trinajstić information content (AvgIpc) is 2.93. The van der Waals surface area contributed by atoms with Crippen molar-refractivity contribution in [1.82, 2.24) is 9.80 Å². The lowest BCUT2D eigenvalue weighted by Gasteiger charge is -2.47. The first kappa shape index (κ1) is 25.8. The van der Waals surface area contributed by atoms with Crippen LogP contribution < -0.4 is 4.74 Å². The first-order chi connectivity index (χ1) is 17.4. The summed E-state index contributed by atoms with van der Waals surface area (Å²) in [5, 5.41) is 11.9. The number of rotatable bonds is 7. The highest BCUT2D eigenvalue weighted by atomic mass is 19.4. The van der Waals surface area contributed by atoms with E-state index >= 15 is 0 Å². The third-order valence-corrected chi connectivity index (χ3v) is 8.62. The molecule has 1 amide bonds. The van der Waals surface area contributed by atoms with E-state index in [1.54, 1.807) is 21.0 Å². The minimum absolute atomic E-state index is 0.0163. The minimum Gasteiger partial charge on any atom is -0.497 e. The molecular weight excluding hydrogens is 485 g/mol. The molecule has 1 N–H and O–H groups in total. The van der Waals surface area contributed by atoms with Gasteiger partial charge in [0.1, 0.15) is 12.2 Å². The monoisotopic (exact) mass is 518 g/mol. The molecule has 0 spiro atoms. The molecule has 0 radical (unpaired) electrons. The molecule has 3 fully saturated rings. The Balaban J connectivity index is 1.47. The first-order valence-corrected chi connectivity index (χ1v) is 12.8. The van der Waals surface area contributed by atoms with E-state index in [2.05, 4.69) is 17.0 Å². The maximum absolute atomic E-state index is 13.2. The Morgan fingerprint density at radius 2 is 1.73 bits per heavy atom. The van der Waals surface area contributed by atoms with E-state index in [-0.39, 0.29) is 23.9 Å². The normalized spacial score (nSPS) is 27.6. The number of nitrogens with zero attached hydrogens (tertiary/aromatic N) is 2. The molecular formula is C28H33F3N2O4. The minimum atomic E-state index is -4.57.